The van der Waals surface area contributed by atoms with Crippen molar-refractivity contribution in [1.29, 1.82) is 0 Å². The Morgan fingerprint density at radius 1 is 0.393 bits per heavy atom. The Hall–Kier alpha value is -7.17. The van der Waals surface area contributed by atoms with Gasteiger partial charge in [-0.15, -0.1) is 0 Å². The summed E-state index contributed by atoms with van der Waals surface area (Å²) in [6.45, 7) is 0. The Morgan fingerprint density at radius 2 is 0.911 bits per heavy atom. The molecule has 0 saturated carbocycles. The molecule has 56 heavy (non-hydrogen) atoms. The second-order valence-electron chi connectivity index (χ2n) is 14.7. The van der Waals surface area contributed by atoms with Gasteiger partial charge >= 0.3 is 0 Å². The van der Waals surface area contributed by atoms with E-state index in [0.29, 0.717) is 17.5 Å². The van der Waals surface area contributed by atoms with Gasteiger partial charge in [0.05, 0.1) is 5.41 Å². The average molecular weight is 718 g/mol. The molecule has 1 aliphatic heterocycles. The van der Waals surface area contributed by atoms with Gasteiger partial charge in [0.15, 0.2) is 17.5 Å². The molecule has 7 aromatic carbocycles. The number of ether oxygens (including phenoxy) is 1. The van der Waals surface area contributed by atoms with Gasteiger partial charge in [0.2, 0.25) is 0 Å². The fraction of sp³-hybridized carbons (Fsp3) is 0.0577. The smallest absolute Gasteiger partial charge is 0.164 e. The Morgan fingerprint density at radius 3 is 1.62 bits per heavy atom. The zero-order valence-corrected chi connectivity index (χ0v) is 30.5. The second kappa shape index (κ2) is 13.0. The Balaban J connectivity index is 1.04. The van der Waals surface area contributed by atoms with Gasteiger partial charge in [0, 0.05) is 45.2 Å². The van der Waals surface area contributed by atoms with Crippen LogP contribution < -0.4 is 4.74 Å². The average Bonchev–Trinajstić information content (AvgIpc) is 3.57. The number of fused-ring (bicyclic) bond motifs is 9. The first-order valence-corrected chi connectivity index (χ1v) is 19.2. The SMILES string of the molecule is C1=CC2c3ccccc3C3(c4ccccc4Oc4c(-c5ccccc5-c5ccc(-c6nc(-c7ccccc7)nc(-c7ccccc7)n6)cc5)cccc43)C2C=C1. The number of hydrogen-bond acceptors (Lipinski definition) is 4. The van der Waals surface area contributed by atoms with E-state index >= 15 is 0 Å². The Kier molecular flexibility index (Phi) is 7.49. The van der Waals surface area contributed by atoms with Gasteiger partial charge in [0.1, 0.15) is 11.5 Å². The maximum Gasteiger partial charge on any atom is 0.164 e. The summed E-state index contributed by atoms with van der Waals surface area (Å²) >= 11 is 0. The highest BCUT2D eigenvalue weighted by Gasteiger charge is 2.56. The number of rotatable bonds is 5. The highest BCUT2D eigenvalue weighted by Crippen LogP contribution is 2.65. The largest absolute Gasteiger partial charge is 0.456 e. The lowest BCUT2D eigenvalue weighted by Crippen LogP contribution is -2.37. The van der Waals surface area contributed by atoms with Crippen LogP contribution in [0, 0.1) is 5.92 Å². The molecule has 3 aliphatic rings. The molecule has 11 rings (SSSR count). The van der Waals surface area contributed by atoms with Gasteiger partial charge in [0.25, 0.3) is 0 Å². The van der Waals surface area contributed by atoms with Crippen molar-refractivity contribution in [3.63, 3.8) is 0 Å². The summed E-state index contributed by atoms with van der Waals surface area (Å²) in [5.41, 5.74) is 12.0. The topological polar surface area (TPSA) is 47.9 Å². The first-order chi connectivity index (χ1) is 27.8. The molecule has 8 aromatic rings. The molecule has 3 atom stereocenters. The molecule has 0 bridgehead atoms. The van der Waals surface area contributed by atoms with Crippen molar-refractivity contribution in [2.24, 2.45) is 5.92 Å². The van der Waals surface area contributed by atoms with Crippen LogP contribution in [0.25, 0.3) is 56.4 Å². The van der Waals surface area contributed by atoms with Crippen molar-refractivity contribution >= 4 is 0 Å². The predicted octanol–water partition coefficient (Wildman–Crippen LogP) is 12.5. The van der Waals surface area contributed by atoms with Crippen LogP contribution in [0.15, 0.2) is 200 Å². The lowest BCUT2D eigenvalue weighted by molar-refractivity contribution is 0.375. The van der Waals surface area contributed by atoms with Crippen LogP contribution in [0.3, 0.4) is 0 Å². The molecule has 2 heterocycles. The fourth-order valence-corrected chi connectivity index (χ4v) is 9.31. The van der Waals surface area contributed by atoms with E-state index in [1.165, 1.54) is 22.3 Å². The maximum atomic E-state index is 7.04. The van der Waals surface area contributed by atoms with E-state index in [0.717, 1.165) is 50.4 Å². The summed E-state index contributed by atoms with van der Waals surface area (Å²) in [6.07, 6.45) is 9.21. The summed E-state index contributed by atoms with van der Waals surface area (Å²) in [4.78, 5) is 14.8. The zero-order valence-electron chi connectivity index (χ0n) is 30.5. The van der Waals surface area contributed by atoms with Gasteiger partial charge in [-0.05, 0) is 33.9 Å². The molecule has 0 fully saturated rings. The number of nitrogens with zero attached hydrogens (tertiary/aromatic N) is 3. The van der Waals surface area contributed by atoms with Gasteiger partial charge in [-0.1, -0.05) is 194 Å². The molecule has 0 saturated heterocycles. The van der Waals surface area contributed by atoms with Crippen molar-refractivity contribution in [2.45, 2.75) is 11.3 Å². The molecule has 4 nitrogen and oxygen atoms in total. The minimum atomic E-state index is -0.402. The molecule has 1 aromatic heterocycles. The van der Waals surface area contributed by atoms with E-state index in [1.54, 1.807) is 0 Å². The number of benzene rings is 7. The summed E-state index contributed by atoms with van der Waals surface area (Å²) in [7, 11) is 0. The molecule has 264 valence electrons. The highest BCUT2D eigenvalue weighted by atomic mass is 16.5. The Bertz CT molecular complexity index is 2790. The van der Waals surface area contributed by atoms with Crippen LogP contribution in [0.1, 0.15) is 28.2 Å². The third kappa shape index (κ3) is 4.96. The molecule has 0 radical (unpaired) electrons. The molecule has 3 unspecified atom stereocenters. The molecule has 0 amide bonds. The van der Waals surface area contributed by atoms with Crippen molar-refractivity contribution < 1.29 is 4.74 Å². The van der Waals surface area contributed by atoms with Gasteiger partial charge < -0.3 is 4.74 Å². The minimum absolute atomic E-state index is 0.215. The Labute approximate surface area is 326 Å². The summed E-state index contributed by atoms with van der Waals surface area (Å²) in [6, 6.07) is 61.8. The predicted molar refractivity (Wildman–Crippen MR) is 224 cm³/mol. The van der Waals surface area contributed by atoms with Crippen LogP contribution in [-0.4, -0.2) is 15.0 Å². The second-order valence-corrected chi connectivity index (χ2v) is 14.7. The fourth-order valence-electron chi connectivity index (χ4n) is 9.31. The van der Waals surface area contributed by atoms with E-state index < -0.39 is 5.41 Å². The van der Waals surface area contributed by atoms with Crippen LogP contribution in [0.4, 0.5) is 0 Å². The summed E-state index contributed by atoms with van der Waals surface area (Å²) < 4.78 is 7.04. The number of aromatic nitrogens is 3. The van der Waals surface area contributed by atoms with E-state index in [9.17, 15) is 0 Å². The third-order valence-electron chi connectivity index (χ3n) is 11.7. The molecule has 4 heteroatoms. The molecule has 1 spiro atoms. The molecular weight excluding hydrogens is 683 g/mol. The number of allylic oxidation sites excluding steroid dienone is 4. The van der Waals surface area contributed by atoms with Crippen molar-refractivity contribution in [2.75, 3.05) is 0 Å². The minimum Gasteiger partial charge on any atom is -0.456 e. The van der Waals surface area contributed by atoms with E-state index in [1.807, 2.05) is 60.7 Å². The van der Waals surface area contributed by atoms with Crippen LogP contribution >= 0.6 is 0 Å². The number of para-hydroxylation sites is 2. The first kappa shape index (κ1) is 32.3. The standard InChI is InChI=1S/C52H35N3O/c1-3-16-35(17-4-1)49-53-50(36-18-5-2-6-19-36)55-51(54-49)37-32-30-34(31-33-37)38-20-7-8-21-39(38)42-24-15-28-46-48(42)56-47-29-14-13-27-45(47)52(46)43-25-11-9-22-40(43)41-23-10-12-26-44(41)52/h1-33,40,43H. The third-order valence-corrected chi connectivity index (χ3v) is 11.7. The number of hydrogen-bond donors (Lipinski definition) is 0. The van der Waals surface area contributed by atoms with Crippen molar-refractivity contribution in [1.82, 2.24) is 15.0 Å². The van der Waals surface area contributed by atoms with Crippen LogP contribution in [0.2, 0.25) is 0 Å². The van der Waals surface area contributed by atoms with Crippen molar-refractivity contribution in [3.8, 4) is 67.9 Å². The first-order valence-electron chi connectivity index (χ1n) is 19.2. The normalized spacial score (nSPS) is 18.4. The van der Waals surface area contributed by atoms with Gasteiger partial charge in [-0.25, -0.2) is 15.0 Å². The van der Waals surface area contributed by atoms with Crippen LogP contribution in [0.5, 0.6) is 11.5 Å². The van der Waals surface area contributed by atoms with E-state index in [-0.39, 0.29) is 11.8 Å². The quantitative estimate of drug-likeness (QED) is 0.178. The monoisotopic (exact) mass is 717 g/mol. The lowest BCUT2D eigenvalue weighted by atomic mass is 9.61. The molecule has 2 aliphatic carbocycles. The molecule has 0 N–H and O–H groups in total. The maximum absolute atomic E-state index is 7.04. The van der Waals surface area contributed by atoms with Crippen molar-refractivity contribution in [3.05, 3.63) is 222 Å². The highest BCUT2D eigenvalue weighted by molar-refractivity contribution is 5.89. The van der Waals surface area contributed by atoms with Crippen LogP contribution in [-0.2, 0) is 5.41 Å². The lowest BCUT2D eigenvalue weighted by Gasteiger charge is -2.43. The van der Waals surface area contributed by atoms with Gasteiger partial charge in [-0.3, -0.25) is 0 Å². The van der Waals surface area contributed by atoms with Gasteiger partial charge in [-0.2, -0.15) is 0 Å². The summed E-state index contributed by atoms with van der Waals surface area (Å²) in [5, 5.41) is 0. The van der Waals surface area contributed by atoms with E-state index in [2.05, 4.69) is 140 Å². The van der Waals surface area contributed by atoms with E-state index in [4.69, 9.17) is 19.7 Å². The summed E-state index contributed by atoms with van der Waals surface area (Å²) in [5.74, 6) is 4.25. The molecular formula is C52H35N3O. The zero-order chi connectivity index (χ0) is 37.1.